The van der Waals surface area contributed by atoms with Crippen LogP contribution in [0, 0.1) is 6.92 Å². The number of benzene rings is 1. The second-order valence-corrected chi connectivity index (χ2v) is 6.78. The average molecular weight is 335 g/mol. The molecule has 7 nitrogen and oxygen atoms in total. The first-order valence-corrected chi connectivity index (χ1v) is 7.96. The number of carbonyl (C=O) groups is 1. The van der Waals surface area contributed by atoms with E-state index in [-0.39, 0.29) is 17.0 Å². The van der Waals surface area contributed by atoms with Gasteiger partial charge in [0.1, 0.15) is 4.90 Å². The standard InChI is InChI=1S/C12H15ClN2O5S/c1-7-5-10(9(14)6-8(7)13)21(18,19)20-11(16)12(17)3-2-4-15-12/h5-6,15,17H,2-4,14H2,1H3/t12-/m0/s1. The van der Waals surface area contributed by atoms with Crippen molar-refractivity contribution in [2.75, 3.05) is 12.3 Å². The Balaban J connectivity index is 2.31. The van der Waals surface area contributed by atoms with Gasteiger partial charge in [-0.05, 0) is 37.6 Å². The first-order valence-electron chi connectivity index (χ1n) is 6.18. The number of nitrogens with two attached hydrogens (primary N) is 1. The van der Waals surface area contributed by atoms with E-state index in [1.807, 2.05) is 0 Å². The quantitative estimate of drug-likeness (QED) is 0.545. The van der Waals surface area contributed by atoms with E-state index in [1.54, 1.807) is 6.92 Å². The molecule has 0 radical (unpaired) electrons. The normalized spacial score (nSPS) is 22.2. The maximum atomic E-state index is 12.1. The van der Waals surface area contributed by atoms with Crippen molar-refractivity contribution in [3.05, 3.63) is 22.7 Å². The van der Waals surface area contributed by atoms with Crippen LogP contribution in [0.3, 0.4) is 0 Å². The predicted molar refractivity (Wildman–Crippen MR) is 76.1 cm³/mol. The van der Waals surface area contributed by atoms with Gasteiger partial charge in [0.05, 0.1) is 5.69 Å². The van der Waals surface area contributed by atoms with Gasteiger partial charge in [-0.2, -0.15) is 8.42 Å². The maximum Gasteiger partial charge on any atom is 0.369 e. The molecular formula is C12H15ClN2O5S. The third-order valence-electron chi connectivity index (χ3n) is 3.22. The molecule has 0 saturated carbocycles. The van der Waals surface area contributed by atoms with Crippen LogP contribution in [0.1, 0.15) is 18.4 Å². The monoisotopic (exact) mass is 334 g/mol. The number of nitrogen functional groups attached to an aromatic ring is 1. The molecule has 1 aliphatic heterocycles. The van der Waals surface area contributed by atoms with Crippen molar-refractivity contribution < 1.29 is 22.5 Å². The second-order valence-electron chi connectivity index (χ2n) is 4.85. The van der Waals surface area contributed by atoms with Gasteiger partial charge < -0.3 is 15.0 Å². The van der Waals surface area contributed by atoms with Crippen molar-refractivity contribution in [1.29, 1.82) is 0 Å². The first-order chi connectivity index (χ1) is 9.66. The Morgan fingerprint density at radius 3 is 2.76 bits per heavy atom. The van der Waals surface area contributed by atoms with Gasteiger partial charge in [-0.1, -0.05) is 11.6 Å². The smallest absolute Gasteiger partial charge is 0.369 e. The average Bonchev–Trinajstić information content (AvgIpc) is 2.81. The molecular weight excluding hydrogens is 320 g/mol. The van der Waals surface area contributed by atoms with E-state index in [9.17, 15) is 18.3 Å². The number of anilines is 1. The summed E-state index contributed by atoms with van der Waals surface area (Å²) >= 11 is 5.83. The molecule has 0 spiro atoms. The summed E-state index contributed by atoms with van der Waals surface area (Å²) in [6.07, 6.45) is 0.615. The van der Waals surface area contributed by atoms with Crippen LogP contribution in [-0.2, 0) is 19.1 Å². The lowest BCUT2D eigenvalue weighted by Gasteiger charge is -2.20. The molecule has 1 atom stereocenters. The summed E-state index contributed by atoms with van der Waals surface area (Å²) in [6.45, 7) is 1.99. The summed E-state index contributed by atoms with van der Waals surface area (Å²) in [7, 11) is -4.44. The van der Waals surface area contributed by atoms with Crippen molar-refractivity contribution in [3.8, 4) is 0 Å². The molecule has 1 saturated heterocycles. The third kappa shape index (κ3) is 3.13. The molecule has 2 rings (SSSR count). The number of hydrogen-bond donors (Lipinski definition) is 3. The van der Waals surface area contributed by atoms with Gasteiger partial charge in [0.2, 0.25) is 5.72 Å². The van der Waals surface area contributed by atoms with Crippen molar-refractivity contribution in [1.82, 2.24) is 5.32 Å². The number of nitrogens with one attached hydrogen (secondary N) is 1. The molecule has 9 heteroatoms. The minimum absolute atomic E-state index is 0.0798. The lowest BCUT2D eigenvalue weighted by molar-refractivity contribution is -0.156. The summed E-state index contributed by atoms with van der Waals surface area (Å²) in [5.74, 6) is -1.27. The minimum Gasteiger partial charge on any atom is -0.398 e. The second kappa shape index (κ2) is 5.45. The van der Waals surface area contributed by atoms with E-state index in [1.165, 1.54) is 12.1 Å². The molecule has 1 aliphatic rings. The summed E-state index contributed by atoms with van der Waals surface area (Å²) in [5, 5.41) is 12.7. The van der Waals surface area contributed by atoms with E-state index < -0.39 is 21.8 Å². The van der Waals surface area contributed by atoms with Crippen molar-refractivity contribution in [2.45, 2.75) is 30.4 Å². The van der Waals surface area contributed by atoms with Gasteiger partial charge in [0.15, 0.2) is 0 Å². The lowest BCUT2D eigenvalue weighted by atomic mass is 10.2. The van der Waals surface area contributed by atoms with Crippen LogP contribution < -0.4 is 11.1 Å². The SMILES string of the molecule is Cc1cc(S(=O)(=O)OC(=O)[C@@]2(O)CCCN2)c(N)cc1Cl. The fraction of sp³-hybridized carbons (Fsp3) is 0.417. The Morgan fingerprint density at radius 2 is 2.19 bits per heavy atom. The van der Waals surface area contributed by atoms with E-state index in [4.69, 9.17) is 17.3 Å². The molecule has 0 bridgehead atoms. The zero-order valence-electron chi connectivity index (χ0n) is 11.2. The minimum atomic E-state index is -4.44. The van der Waals surface area contributed by atoms with Crippen LogP contribution in [0.5, 0.6) is 0 Å². The molecule has 4 N–H and O–H groups in total. The molecule has 0 amide bonds. The van der Waals surface area contributed by atoms with Gasteiger partial charge >= 0.3 is 16.1 Å². The Morgan fingerprint density at radius 1 is 1.52 bits per heavy atom. The highest BCUT2D eigenvalue weighted by atomic mass is 35.5. The molecule has 1 aromatic carbocycles. The Kier molecular flexibility index (Phi) is 4.16. The van der Waals surface area contributed by atoms with Crippen LogP contribution in [0.15, 0.2) is 17.0 Å². The van der Waals surface area contributed by atoms with Crippen molar-refractivity contribution in [3.63, 3.8) is 0 Å². The molecule has 1 fully saturated rings. The molecule has 1 heterocycles. The molecule has 0 unspecified atom stereocenters. The van der Waals surface area contributed by atoms with Gasteiger partial charge in [-0.3, -0.25) is 5.32 Å². The molecule has 116 valence electrons. The molecule has 21 heavy (non-hydrogen) atoms. The van der Waals surface area contributed by atoms with E-state index in [0.717, 1.165) is 0 Å². The Bertz CT molecular complexity index is 683. The largest absolute Gasteiger partial charge is 0.398 e. The predicted octanol–water partition coefficient (Wildman–Crippen LogP) is 0.535. The molecule has 0 aliphatic carbocycles. The van der Waals surface area contributed by atoms with Crippen molar-refractivity contribution in [2.24, 2.45) is 0 Å². The van der Waals surface area contributed by atoms with Crippen LogP contribution in [0.2, 0.25) is 5.02 Å². The number of hydrogen-bond acceptors (Lipinski definition) is 7. The highest BCUT2D eigenvalue weighted by molar-refractivity contribution is 7.87. The molecule has 0 aromatic heterocycles. The summed E-state index contributed by atoms with van der Waals surface area (Å²) in [4.78, 5) is 11.5. The first kappa shape index (κ1) is 16.0. The van der Waals surface area contributed by atoms with E-state index in [2.05, 4.69) is 9.50 Å². The lowest BCUT2D eigenvalue weighted by Crippen LogP contribution is -2.49. The number of carbonyl (C=O) groups excluding carboxylic acids is 1. The van der Waals surface area contributed by atoms with Crippen LogP contribution in [0.4, 0.5) is 5.69 Å². The van der Waals surface area contributed by atoms with Crippen LogP contribution in [0.25, 0.3) is 0 Å². The summed E-state index contributed by atoms with van der Waals surface area (Å²) in [5.41, 5.74) is 3.96. The maximum absolute atomic E-state index is 12.1. The third-order valence-corrected chi connectivity index (χ3v) is 4.89. The fourth-order valence-corrected chi connectivity index (χ4v) is 3.27. The van der Waals surface area contributed by atoms with E-state index in [0.29, 0.717) is 23.6 Å². The van der Waals surface area contributed by atoms with Crippen molar-refractivity contribution >= 4 is 33.4 Å². The Labute approximate surface area is 127 Å². The Hall–Kier alpha value is -1.35. The van der Waals surface area contributed by atoms with Gasteiger partial charge in [-0.15, -0.1) is 0 Å². The highest BCUT2D eigenvalue weighted by Gasteiger charge is 2.43. The highest BCUT2D eigenvalue weighted by Crippen LogP contribution is 2.28. The zero-order valence-corrected chi connectivity index (χ0v) is 12.8. The zero-order chi connectivity index (χ0) is 15.8. The fourth-order valence-electron chi connectivity index (χ4n) is 2.00. The summed E-state index contributed by atoms with van der Waals surface area (Å²) < 4.78 is 28.7. The van der Waals surface area contributed by atoms with E-state index >= 15 is 0 Å². The molecule has 1 aromatic rings. The van der Waals surface area contributed by atoms with Crippen LogP contribution >= 0.6 is 11.6 Å². The topological polar surface area (TPSA) is 119 Å². The summed E-state index contributed by atoms with van der Waals surface area (Å²) in [6, 6.07) is 2.48. The number of aliphatic hydroxyl groups is 1. The number of halogens is 1. The van der Waals surface area contributed by atoms with Crippen LogP contribution in [-0.4, -0.2) is 31.8 Å². The number of rotatable bonds is 3. The van der Waals surface area contributed by atoms with Gasteiger partial charge in [0, 0.05) is 11.4 Å². The van der Waals surface area contributed by atoms with Gasteiger partial charge in [0.25, 0.3) is 0 Å². The number of aryl methyl sites for hydroxylation is 1. The van der Waals surface area contributed by atoms with Gasteiger partial charge in [-0.25, -0.2) is 4.79 Å².